The van der Waals surface area contributed by atoms with E-state index in [-0.39, 0.29) is 27.8 Å². The first-order valence-corrected chi connectivity index (χ1v) is 12.1. The Bertz CT molecular complexity index is 1270. The first kappa shape index (κ1) is 26.0. The van der Waals surface area contributed by atoms with Gasteiger partial charge in [-0.15, -0.1) is 28.3 Å². The topological polar surface area (TPSA) is 50.7 Å². The van der Waals surface area contributed by atoms with E-state index in [1.54, 1.807) is 17.6 Å². The molecule has 0 bridgehead atoms. The molecule has 0 aliphatic carbocycles. The molecule has 0 radical (unpaired) electrons. The molecule has 0 aliphatic rings. The number of hydrogen-bond acceptors (Lipinski definition) is 4. The monoisotopic (exact) mass is 540 g/mol. The second-order valence-corrected chi connectivity index (χ2v) is 11.2. The van der Waals surface area contributed by atoms with Crippen LogP contribution in [0.15, 0.2) is 75.7 Å². The number of hydrogen-bond donors (Lipinski definition) is 1. The number of rotatable bonds is 4. The Morgan fingerprint density at radius 1 is 0.912 bits per heavy atom. The molecule has 4 rings (SSSR count). The van der Waals surface area contributed by atoms with Crippen LogP contribution in [0.3, 0.4) is 0 Å². The molecule has 4 nitrogen and oxygen atoms in total. The van der Waals surface area contributed by atoms with Gasteiger partial charge in [0.2, 0.25) is 0 Å². The molecular weight excluding hydrogens is 508 g/mol. The normalized spacial score (nSPS) is 12.6. The second-order valence-electron chi connectivity index (χ2n) is 10.4. The van der Waals surface area contributed by atoms with E-state index in [4.69, 9.17) is 9.41 Å². The highest BCUT2D eigenvalue weighted by molar-refractivity contribution is 8.93. The van der Waals surface area contributed by atoms with Crippen LogP contribution in [0.25, 0.3) is 16.9 Å². The van der Waals surface area contributed by atoms with Crippen LogP contribution in [-0.4, -0.2) is 9.67 Å². The smallest absolute Gasteiger partial charge is 0.190 e. The molecule has 0 atom stereocenters. The van der Waals surface area contributed by atoms with Gasteiger partial charge in [0.1, 0.15) is 18.1 Å². The largest absolute Gasteiger partial charge is 0.507 e. The van der Waals surface area contributed by atoms with E-state index >= 15 is 0 Å². The molecule has 4 aromatic rings. The van der Waals surface area contributed by atoms with E-state index in [2.05, 4.69) is 75.8 Å². The van der Waals surface area contributed by atoms with E-state index in [9.17, 15) is 5.11 Å². The summed E-state index contributed by atoms with van der Waals surface area (Å²) in [6.45, 7) is 13.3. The molecule has 0 saturated carbocycles. The van der Waals surface area contributed by atoms with Crippen LogP contribution in [0, 0.1) is 0 Å². The lowest BCUT2D eigenvalue weighted by Crippen LogP contribution is -2.18. The molecule has 0 spiro atoms. The quantitative estimate of drug-likeness (QED) is 0.287. The number of halogens is 1. The van der Waals surface area contributed by atoms with Crippen molar-refractivity contribution in [2.45, 2.75) is 58.9 Å². The highest BCUT2D eigenvalue weighted by Crippen LogP contribution is 2.42. The Hall–Kier alpha value is -2.57. The highest BCUT2D eigenvalue weighted by atomic mass is 79.9. The summed E-state index contributed by atoms with van der Waals surface area (Å²) in [6, 6.07) is 18.4. The van der Waals surface area contributed by atoms with E-state index in [1.165, 1.54) is 0 Å². The van der Waals surface area contributed by atoms with Crippen molar-refractivity contribution < 1.29 is 9.52 Å². The first-order valence-electron chi connectivity index (χ1n) is 11.2. The minimum Gasteiger partial charge on any atom is -0.507 e. The van der Waals surface area contributed by atoms with Crippen molar-refractivity contribution in [3.63, 3.8) is 0 Å². The molecule has 0 amide bonds. The Morgan fingerprint density at radius 3 is 2.06 bits per heavy atom. The summed E-state index contributed by atoms with van der Waals surface area (Å²) < 4.78 is 7.68. The maximum Gasteiger partial charge on any atom is 0.190 e. The van der Waals surface area contributed by atoms with Gasteiger partial charge in [0.05, 0.1) is 12.0 Å². The number of nitrogens with zero attached hydrogens (tertiary/aromatic N) is 2. The molecular formula is C28H33BrN2O2S. The number of furan rings is 1. The van der Waals surface area contributed by atoms with Gasteiger partial charge in [-0.25, -0.2) is 0 Å². The average molecular weight is 542 g/mol. The third-order valence-corrected chi connectivity index (χ3v) is 6.56. The number of phenols is 1. The summed E-state index contributed by atoms with van der Waals surface area (Å²) in [5.74, 6) is 1.22. The van der Waals surface area contributed by atoms with Crippen LogP contribution in [0.4, 0.5) is 0 Å². The lowest BCUT2D eigenvalue weighted by molar-refractivity contribution is 0.423. The number of para-hydroxylation sites is 1. The van der Waals surface area contributed by atoms with E-state index in [0.717, 1.165) is 38.6 Å². The number of thiazole rings is 1. The van der Waals surface area contributed by atoms with Gasteiger partial charge in [-0.05, 0) is 47.2 Å². The summed E-state index contributed by atoms with van der Waals surface area (Å²) >= 11 is 1.61. The predicted octanol–water partition coefficient (Wildman–Crippen LogP) is 7.78. The van der Waals surface area contributed by atoms with Crippen molar-refractivity contribution in [3.8, 4) is 22.7 Å². The molecule has 2 aromatic carbocycles. The molecule has 0 saturated heterocycles. The maximum absolute atomic E-state index is 11.2. The van der Waals surface area contributed by atoms with Crippen molar-refractivity contribution in [1.82, 2.24) is 4.57 Å². The minimum absolute atomic E-state index is 0. The fourth-order valence-electron chi connectivity index (χ4n) is 3.92. The zero-order valence-electron chi connectivity index (χ0n) is 20.6. The van der Waals surface area contributed by atoms with Crippen molar-refractivity contribution in [2.24, 2.45) is 4.99 Å². The van der Waals surface area contributed by atoms with Gasteiger partial charge < -0.3 is 9.52 Å². The zero-order valence-corrected chi connectivity index (χ0v) is 23.2. The van der Waals surface area contributed by atoms with Crippen LogP contribution >= 0.6 is 28.3 Å². The summed E-state index contributed by atoms with van der Waals surface area (Å²) in [5, 5.41) is 13.3. The number of phenolic OH excluding ortho intramolecular Hbond substituents is 1. The fraction of sp³-hybridized carbons (Fsp3) is 0.321. The Labute approximate surface area is 216 Å². The van der Waals surface area contributed by atoms with E-state index in [0.29, 0.717) is 12.3 Å². The number of benzene rings is 2. The third kappa shape index (κ3) is 5.39. The van der Waals surface area contributed by atoms with Crippen LogP contribution < -0.4 is 4.80 Å². The van der Waals surface area contributed by atoms with Gasteiger partial charge in [-0.3, -0.25) is 9.56 Å². The Balaban J connectivity index is 0.00000324. The number of aromatic nitrogens is 1. The third-order valence-electron chi connectivity index (χ3n) is 5.69. The molecule has 2 heterocycles. The second kappa shape index (κ2) is 9.96. The van der Waals surface area contributed by atoms with E-state index in [1.807, 2.05) is 30.3 Å². The minimum atomic E-state index is -0.194. The molecule has 0 aliphatic heterocycles. The molecule has 1 N–H and O–H groups in total. The van der Waals surface area contributed by atoms with Gasteiger partial charge >= 0.3 is 0 Å². The van der Waals surface area contributed by atoms with Crippen LogP contribution in [0.1, 0.15) is 58.4 Å². The maximum atomic E-state index is 11.2. The summed E-state index contributed by atoms with van der Waals surface area (Å²) in [7, 11) is 0. The van der Waals surface area contributed by atoms with Crippen molar-refractivity contribution >= 4 is 28.3 Å². The van der Waals surface area contributed by atoms with Crippen LogP contribution in [0.2, 0.25) is 0 Å². The van der Waals surface area contributed by atoms with E-state index < -0.39 is 0 Å². The van der Waals surface area contributed by atoms with Crippen molar-refractivity contribution in [2.75, 3.05) is 0 Å². The highest BCUT2D eigenvalue weighted by Gasteiger charge is 2.27. The Morgan fingerprint density at radius 2 is 1.53 bits per heavy atom. The van der Waals surface area contributed by atoms with Crippen LogP contribution in [-0.2, 0) is 17.4 Å². The molecule has 0 fully saturated rings. The summed E-state index contributed by atoms with van der Waals surface area (Å²) in [6.07, 6.45) is 1.68. The summed E-state index contributed by atoms with van der Waals surface area (Å²) in [4.78, 5) is 5.77. The van der Waals surface area contributed by atoms with Gasteiger partial charge in [-0.1, -0.05) is 59.7 Å². The number of aromatic hydroxyl groups is 1. The fourth-order valence-corrected chi connectivity index (χ4v) is 4.83. The zero-order chi connectivity index (χ0) is 23.8. The van der Waals surface area contributed by atoms with Crippen LogP contribution in [0.5, 0.6) is 5.75 Å². The Kier molecular flexibility index (Phi) is 7.63. The molecule has 180 valence electrons. The standard InChI is InChI=1S/C28H32N2O2S.BrH/c1-27(2,3)22-15-19(16-23(25(22)31)28(4,5)6)24-18-33-26(29-17-21-13-10-14-32-21)30(24)20-11-8-7-9-12-20;/h7-16,18,31H,17H2,1-6H3;1H. The molecule has 2 aromatic heterocycles. The molecule has 0 unspecified atom stereocenters. The SMILES string of the molecule is Br.CC(C)(C)c1cc(-c2csc(=NCc3ccco3)n2-c2ccccc2)cc(C(C)(C)C)c1O. The lowest BCUT2D eigenvalue weighted by Gasteiger charge is -2.28. The van der Waals surface area contributed by atoms with Gasteiger partial charge in [0.15, 0.2) is 4.80 Å². The molecule has 6 heteroatoms. The van der Waals surface area contributed by atoms with Gasteiger partial charge in [-0.2, -0.15) is 0 Å². The van der Waals surface area contributed by atoms with Crippen molar-refractivity contribution in [1.29, 1.82) is 0 Å². The van der Waals surface area contributed by atoms with Gasteiger partial charge in [0.25, 0.3) is 0 Å². The first-order chi connectivity index (χ1) is 15.6. The van der Waals surface area contributed by atoms with Gasteiger partial charge in [0, 0.05) is 27.8 Å². The molecule has 34 heavy (non-hydrogen) atoms. The summed E-state index contributed by atoms with van der Waals surface area (Å²) in [5.41, 5.74) is 4.69. The van der Waals surface area contributed by atoms with Crippen molar-refractivity contribution in [3.05, 3.63) is 87.9 Å². The predicted molar refractivity (Wildman–Crippen MR) is 146 cm³/mol. The average Bonchev–Trinajstić information content (AvgIpc) is 3.41. The lowest BCUT2D eigenvalue weighted by atomic mass is 9.78.